The molecule has 0 atom stereocenters. The van der Waals surface area contributed by atoms with Crippen LogP contribution in [0.5, 0.6) is 5.75 Å². The van der Waals surface area contributed by atoms with Crippen molar-refractivity contribution in [1.29, 1.82) is 0 Å². The molecule has 7 heteroatoms. The van der Waals surface area contributed by atoms with E-state index < -0.39 is 17.7 Å². The fourth-order valence-electron chi connectivity index (χ4n) is 3.14. The standard InChI is InChI=1S/C25H34N2O5/c1-6-25(4,5)32-23(30)27-21-9-7-8-19(26-21)14-15-31-20-12-10-18(11-13-20)16-24(2,3)17-22(28)29/h7-13H,6,14-17H2,1-5H3,(H,28,29)(H,26,27,30). The van der Waals surface area contributed by atoms with E-state index in [1.807, 2.05) is 71.0 Å². The summed E-state index contributed by atoms with van der Waals surface area (Å²) in [5.74, 6) is 0.390. The first-order valence-corrected chi connectivity index (χ1v) is 10.9. The molecule has 32 heavy (non-hydrogen) atoms. The van der Waals surface area contributed by atoms with Crippen LogP contribution in [0.15, 0.2) is 42.5 Å². The maximum Gasteiger partial charge on any atom is 0.413 e. The van der Waals surface area contributed by atoms with Crippen molar-refractivity contribution in [3.8, 4) is 5.75 Å². The SMILES string of the molecule is CCC(C)(C)OC(=O)Nc1cccc(CCOc2ccc(CC(C)(C)CC(=O)O)cc2)n1. The molecule has 0 aliphatic rings. The summed E-state index contributed by atoms with van der Waals surface area (Å²) in [5.41, 5.74) is 1.03. The molecule has 1 heterocycles. The lowest BCUT2D eigenvalue weighted by atomic mass is 9.83. The van der Waals surface area contributed by atoms with Gasteiger partial charge in [-0.15, -0.1) is 0 Å². The average molecular weight is 443 g/mol. The molecule has 0 radical (unpaired) electrons. The van der Waals surface area contributed by atoms with Crippen LogP contribution in [0.1, 0.15) is 58.7 Å². The molecule has 0 unspecified atom stereocenters. The molecule has 1 aromatic carbocycles. The summed E-state index contributed by atoms with van der Waals surface area (Å²) in [6.45, 7) is 10.0. The smallest absolute Gasteiger partial charge is 0.413 e. The lowest BCUT2D eigenvalue weighted by Gasteiger charge is -2.23. The first-order valence-electron chi connectivity index (χ1n) is 10.9. The molecule has 1 aromatic heterocycles. The van der Waals surface area contributed by atoms with Crippen molar-refractivity contribution in [3.05, 3.63) is 53.7 Å². The number of aliphatic carboxylic acids is 1. The van der Waals surface area contributed by atoms with Crippen LogP contribution in [0.3, 0.4) is 0 Å². The topological polar surface area (TPSA) is 97.8 Å². The predicted molar refractivity (Wildman–Crippen MR) is 124 cm³/mol. The molecule has 0 aliphatic heterocycles. The van der Waals surface area contributed by atoms with E-state index in [9.17, 15) is 9.59 Å². The zero-order valence-electron chi connectivity index (χ0n) is 19.6. The molecule has 0 fully saturated rings. The first kappa shape index (κ1) is 25.2. The van der Waals surface area contributed by atoms with Gasteiger partial charge in [0, 0.05) is 12.1 Å². The van der Waals surface area contributed by atoms with Gasteiger partial charge in [0.15, 0.2) is 0 Å². The van der Waals surface area contributed by atoms with Crippen molar-refractivity contribution >= 4 is 17.9 Å². The molecule has 7 nitrogen and oxygen atoms in total. The Labute approximate surface area is 190 Å². The van der Waals surface area contributed by atoms with Crippen molar-refractivity contribution in [3.63, 3.8) is 0 Å². The minimum absolute atomic E-state index is 0.125. The summed E-state index contributed by atoms with van der Waals surface area (Å²) in [6.07, 6.45) is 1.58. The largest absolute Gasteiger partial charge is 0.493 e. The van der Waals surface area contributed by atoms with E-state index in [1.165, 1.54) is 0 Å². The molecule has 1 amide bonds. The van der Waals surface area contributed by atoms with Gasteiger partial charge in [0.1, 0.15) is 17.2 Å². The number of hydrogen-bond acceptors (Lipinski definition) is 5. The number of benzene rings is 1. The second-order valence-electron chi connectivity index (χ2n) is 9.30. The number of hydrogen-bond donors (Lipinski definition) is 2. The number of nitrogens with zero attached hydrogens (tertiary/aromatic N) is 1. The fraction of sp³-hybridized carbons (Fsp3) is 0.480. The Bertz CT molecular complexity index is 907. The molecule has 2 N–H and O–H groups in total. The number of rotatable bonds is 11. The van der Waals surface area contributed by atoms with Gasteiger partial charge in [0.05, 0.1) is 13.0 Å². The number of ether oxygens (including phenoxy) is 2. The number of amides is 1. The van der Waals surface area contributed by atoms with Crippen molar-refractivity contribution in [1.82, 2.24) is 4.98 Å². The van der Waals surface area contributed by atoms with Crippen molar-refractivity contribution < 1.29 is 24.2 Å². The molecule has 174 valence electrons. The van der Waals surface area contributed by atoms with Gasteiger partial charge in [-0.25, -0.2) is 9.78 Å². The Morgan fingerprint density at radius 1 is 1.06 bits per heavy atom. The highest BCUT2D eigenvalue weighted by atomic mass is 16.6. The van der Waals surface area contributed by atoms with Gasteiger partial charge < -0.3 is 14.6 Å². The van der Waals surface area contributed by atoms with Gasteiger partial charge in [-0.2, -0.15) is 0 Å². The summed E-state index contributed by atoms with van der Waals surface area (Å²) in [5, 5.41) is 11.7. The highest BCUT2D eigenvalue weighted by Crippen LogP contribution is 2.27. The van der Waals surface area contributed by atoms with E-state index in [0.29, 0.717) is 31.7 Å². The highest BCUT2D eigenvalue weighted by Gasteiger charge is 2.22. The third-order valence-electron chi connectivity index (χ3n) is 5.12. The number of carbonyl (C=O) groups is 2. The van der Waals surface area contributed by atoms with E-state index >= 15 is 0 Å². The number of carbonyl (C=O) groups excluding carboxylic acids is 1. The van der Waals surface area contributed by atoms with Gasteiger partial charge in [-0.3, -0.25) is 10.1 Å². The zero-order valence-corrected chi connectivity index (χ0v) is 19.6. The van der Waals surface area contributed by atoms with E-state index in [0.717, 1.165) is 17.0 Å². The summed E-state index contributed by atoms with van der Waals surface area (Å²) in [7, 11) is 0. The second-order valence-corrected chi connectivity index (χ2v) is 9.30. The first-order chi connectivity index (χ1) is 15.0. The molecular weight excluding hydrogens is 408 g/mol. The Balaban J connectivity index is 1.84. The predicted octanol–water partition coefficient (Wildman–Crippen LogP) is 5.48. The minimum atomic E-state index is -0.787. The highest BCUT2D eigenvalue weighted by molar-refractivity contribution is 5.83. The van der Waals surface area contributed by atoms with Crippen molar-refractivity contribution in [2.45, 2.75) is 65.9 Å². The number of carboxylic acid groups (broad SMARTS) is 1. The van der Waals surface area contributed by atoms with Crippen LogP contribution in [0.25, 0.3) is 0 Å². The third-order valence-corrected chi connectivity index (χ3v) is 5.12. The monoisotopic (exact) mass is 442 g/mol. The molecular formula is C25H34N2O5. The quantitative estimate of drug-likeness (QED) is 0.478. The average Bonchev–Trinajstić information content (AvgIpc) is 2.68. The molecule has 2 aromatic rings. The van der Waals surface area contributed by atoms with Crippen LogP contribution in [-0.2, 0) is 22.4 Å². The number of carboxylic acids is 1. The number of pyridine rings is 1. The third kappa shape index (κ3) is 8.96. The van der Waals surface area contributed by atoms with Crippen LogP contribution in [-0.4, -0.2) is 34.4 Å². The maximum absolute atomic E-state index is 12.0. The maximum atomic E-state index is 12.0. The van der Waals surface area contributed by atoms with E-state index in [1.54, 1.807) is 6.07 Å². The Kier molecular flexibility index (Phi) is 8.63. The number of anilines is 1. The number of nitrogens with one attached hydrogen (secondary N) is 1. The molecule has 0 spiro atoms. The Morgan fingerprint density at radius 2 is 1.75 bits per heavy atom. The summed E-state index contributed by atoms with van der Waals surface area (Å²) in [6, 6.07) is 13.1. The molecule has 0 aliphatic carbocycles. The Morgan fingerprint density at radius 3 is 2.38 bits per heavy atom. The zero-order chi connectivity index (χ0) is 23.8. The van der Waals surface area contributed by atoms with Crippen LogP contribution in [0.4, 0.5) is 10.6 Å². The molecule has 2 rings (SSSR count). The van der Waals surface area contributed by atoms with Gasteiger partial charge in [0.2, 0.25) is 0 Å². The second kappa shape index (κ2) is 11.0. The van der Waals surface area contributed by atoms with Crippen LogP contribution in [0.2, 0.25) is 0 Å². The van der Waals surface area contributed by atoms with Gasteiger partial charge in [-0.05, 0) is 61.9 Å². The number of aromatic nitrogens is 1. The van der Waals surface area contributed by atoms with Crippen LogP contribution < -0.4 is 10.1 Å². The van der Waals surface area contributed by atoms with Gasteiger partial charge >= 0.3 is 12.1 Å². The van der Waals surface area contributed by atoms with E-state index in [-0.39, 0.29) is 11.8 Å². The summed E-state index contributed by atoms with van der Waals surface area (Å²) in [4.78, 5) is 27.5. The summed E-state index contributed by atoms with van der Waals surface area (Å²) < 4.78 is 11.2. The van der Waals surface area contributed by atoms with Crippen LogP contribution in [0, 0.1) is 5.41 Å². The Hall–Kier alpha value is -3.09. The fourth-order valence-corrected chi connectivity index (χ4v) is 3.14. The normalized spacial score (nSPS) is 11.7. The molecule has 0 bridgehead atoms. The van der Waals surface area contributed by atoms with Crippen LogP contribution >= 0.6 is 0 Å². The van der Waals surface area contributed by atoms with E-state index in [4.69, 9.17) is 14.6 Å². The minimum Gasteiger partial charge on any atom is -0.493 e. The van der Waals surface area contributed by atoms with Crippen molar-refractivity contribution in [2.75, 3.05) is 11.9 Å². The van der Waals surface area contributed by atoms with Gasteiger partial charge in [0.25, 0.3) is 0 Å². The molecule has 0 saturated carbocycles. The molecule has 0 saturated heterocycles. The van der Waals surface area contributed by atoms with Gasteiger partial charge in [-0.1, -0.05) is 39.0 Å². The summed E-state index contributed by atoms with van der Waals surface area (Å²) >= 11 is 0. The lowest BCUT2D eigenvalue weighted by molar-refractivity contribution is -0.139. The van der Waals surface area contributed by atoms with Crippen molar-refractivity contribution in [2.24, 2.45) is 5.41 Å². The lowest BCUT2D eigenvalue weighted by Crippen LogP contribution is -2.30. The van der Waals surface area contributed by atoms with E-state index in [2.05, 4.69) is 10.3 Å².